The number of hydrogen-bond donors (Lipinski definition) is 2. The minimum absolute atomic E-state index is 0.0489. The molecule has 5 heteroatoms. The molecule has 2 N–H and O–H groups in total. The molecule has 0 aliphatic rings. The Morgan fingerprint density at radius 3 is 2.43 bits per heavy atom. The van der Waals surface area contributed by atoms with E-state index in [1.165, 1.54) is 6.07 Å². The van der Waals surface area contributed by atoms with Crippen LogP contribution in [-0.4, -0.2) is 22.2 Å². The molecule has 0 heterocycles. The van der Waals surface area contributed by atoms with E-state index in [-0.39, 0.29) is 12.0 Å². The van der Waals surface area contributed by atoms with Crippen LogP contribution in [0.25, 0.3) is 0 Å². The third kappa shape index (κ3) is 2.69. The molecule has 14 heavy (non-hydrogen) atoms. The van der Waals surface area contributed by atoms with Crippen molar-refractivity contribution in [1.82, 2.24) is 0 Å². The van der Waals surface area contributed by atoms with E-state index in [0.29, 0.717) is 5.56 Å². The Hall–Kier alpha value is -1.11. The summed E-state index contributed by atoms with van der Waals surface area (Å²) in [6.07, 6.45) is -0.265. The van der Waals surface area contributed by atoms with Crippen LogP contribution in [0.1, 0.15) is 15.9 Å². The van der Waals surface area contributed by atoms with Crippen molar-refractivity contribution in [3.05, 3.63) is 32.9 Å². The van der Waals surface area contributed by atoms with Gasteiger partial charge in [-0.2, -0.15) is 0 Å². The van der Waals surface area contributed by atoms with Crippen molar-refractivity contribution in [1.29, 1.82) is 0 Å². The zero-order valence-electron chi connectivity index (χ0n) is 7.03. The van der Waals surface area contributed by atoms with Gasteiger partial charge in [0.25, 0.3) is 0 Å². The maximum Gasteiger partial charge on any atom is 0.335 e. The van der Waals surface area contributed by atoms with Gasteiger partial charge >= 0.3 is 11.9 Å². The first kappa shape index (κ1) is 11.0. The van der Waals surface area contributed by atoms with E-state index >= 15 is 0 Å². The highest BCUT2D eigenvalue weighted by atomic mass is 127. The molecule has 0 spiro atoms. The zero-order chi connectivity index (χ0) is 10.7. The van der Waals surface area contributed by atoms with Gasteiger partial charge in [0.05, 0.1) is 12.0 Å². The van der Waals surface area contributed by atoms with E-state index in [9.17, 15) is 9.59 Å². The lowest BCUT2D eigenvalue weighted by atomic mass is 10.1. The molecule has 0 atom stereocenters. The number of benzene rings is 1. The summed E-state index contributed by atoms with van der Waals surface area (Å²) in [5, 5.41) is 17.3. The Balaban J connectivity index is 3.15. The zero-order valence-corrected chi connectivity index (χ0v) is 9.19. The average Bonchev–Trinajstić information content (AvgIpc) is 2.01. The summed E-state index contributed by atoms with van der Waals surface area (Å²) in [4.78, 5) is 21.2. The topological polar surface area (TPSA) is 74.6 Å². The first-order chi connectivity index (χ1) is 6.50. The van der Waals surface area contributed by atoms with Gasteiger partial charge in [0.2, 0.25) is 0 Å². The van der Waals surface area contributed by atoms with Gasteiger partial charge in [-0.1, -0.05) is 0 Å². The van der Waals surface area contributed by atoms with Crippen molar-refractivity contribution in [3.63, 3.8) is 0 Å². The predicted octanol–water partition coefficient (Wildman–Crippen LogP) is 1.62. The van der Waals surface area contributed by atoms with Gasteiger partial charge < -0.3 is 10.2 Å². The third-order valence-corrected chi connectivity index (χ3v) is 2.31. The first-order valence-electron chi connectivity index (χ1n) is 3.74. The van der Waals surface area contributed by atoms with Crippen molar-refractivity contribution >= 4 is 34.5 Å². The van der Waals surface area contributed by atoms with Crippen LogP contribution in [0.5, 0.6) is 0 Å². The minimum atomic E-state index is -1.10. The maximum absolute atomic E-state index is 10.7. The van der Waals surface area contributed by atoms with E-state index < -0.39 is 11.9 Å². The Bertz CT molecular complexity index is 386. The molecule has 4 nitrogen and oxygen atoms in total. The fourth-order valence-corrected chi connectivity index (χ4v) is 1.64. The number of aromatic carboxylic acids is 1. The molecule has 1 aromatic rings. The van der Waals surface area contributed by atoms with Crippen molar-refractivity contribution in [3.8, 4) is 0 Å². The molecule has 0 aromatic heterocycles. The number of hydrogen-bond acceptors (Lipinski definition) is 2. The number of aliphatic carboxylic acids is 1. The van der Waals surface area contributed by atoms with E-state index in [1.807, 2.05) is 22.6 Å². The first-order valence-corrected chi connectivity index (χ1v) is 4.82. The Morgan fingerprint density at radius 2 is 1.93 bits per heavy atom. The van der Waals surface area contributed by atoms with Crippen LogP contribution in [0.2, 0.25) is 0 Å². The van der Waals surface area contributed by atoms with Crippen LogP contribution >= 0.6 is 22.6 Å². The summed E-state index contributed by atoms with van der Waals surface area (Å²) in [5.41, 5.74) is 0.379. The van der Waals surface area contributed by atoms with Crippen LogP contribution in [0, 0.1) is 3.57 Å². The fourth-order valence-electron chi connectivity index (χ4n) is 1.08. The Morgan fingerprint density at radius 1 is 1.29 bits per heavy atom. The molecule has 0 unspecified atom stereocenters. The molecule has 0 fully saturated rings. The quantitative estimate of drug-likeness (QED) is 0.832. The van der Waals surface area contributed by atoms with Gasteiger partial charge in [-0.15, -0.1) is 0 Å². The Kier molecular flexibility index (Phi) is 3.45. The lowest BCUT2D eigenvalue weighted by Gasteiger charge is -2.03. The highest BCUT2D eigenvalue weighted by molar-refractivity contribution is 14.1. The third-order valence-electron chi connectivity index (χ3n) is 1.64. The molecule has 0 radical (unpaired) electrons. The smallest absolute Gasteiger partial charge is 0.335 e. The molecular formula is C9H7IO4. The fraction of sp³-hybridized carbons (Fsp3) is 0.111. The van der Waals surface area contributed by atoms with Crippen LogP contribution in [-0.2, 0) is 11.2 Å². The summed E-state index contributed by atoms with van der Waals surface area (Å²) in [7, 11) is 0. The molecule has 0 aliphatic carbocycles. The van der Waals surface area contributed by atoms with Crippen molar-refractivity contribution in [2.75, 3.05) is 0 Å². The van der Waals surface area contributed by atoms with E-state index in [1.54, 1.807) is 12.1 Å². The lowest BCUT2D eigenvalue weighted by Crippen LogP contribution is -2.08. The van der Waals surface area contributed by atoms with Gasteiger partial charge in [0.15, 0.2) is 0 Å². The largest absolute Gasteiger partial charge is 0.481 e. The van der Waals surface area contributed by atoms with Crippen molar-refractivity contribution < 1.29 is 19.8 Å². The second kappa shape index (κ2) is 4.41. The predicted molar refractivity (Wildman–Crippen MR) is 57.5 cm³/mol. The average molecular weight is 306 g/mol. The summed E-state index contributed by atoms with van der Waals surface area (Å²) >= 11 is 2.01. The van der Waals surface area contributed by atoms with Gasteiger partial charge in [-0.3, -0.25) is 4.79 Å². The Labute approximate surface area is 93.7 Å². The summed E-state index contributed by atoms with van der Waals surface area (Å²) in [6, 6.07) is 4.62. The number of halogens is 1. The summed E-state index contributed by atoms with van der Waals surface area (Å²) in [5.74, 6) is -2.13. The highest BCUT2D eigenvalue weighted by Gasteiger charge is 2.12. The maximum atomic E-state index is 10.7. The molecule has 0 amide bonds. The molecule has 74 valence electrons. The monoisotopic (exact) mass is 306 g/mol. The van der Waals surface area contributed by atoms with E-state index in [4.69, 9.17) is 10.2 Å². The van der Waals surface area contributed by atoms with Crippen molar-refractivity contribution in [2.45, 2.75) is 6.42 Å². The summed E-state index contributed by atoms with van der Waals surface area (Å²) in [6.45, 7) is 0. The van der Waals surface area contributed by atoms with Gasteiger partial charge in [0.1, 0.15) is 0 Å². The molecular weight excluding hydrogens is 299 g/mol. The number of carboxylic acid groups (broad SMARTS) is 2. The molecule has 0 aliphatic heterocycles. The van der Waals surface area contributed by atoms with Crippen LogP contribution < -0.4 is 0 Å². The second-order valence-corrected chi connectivity index (χ2v) is 3.92. The second-order valence-electron chi connectivity index (χ2n) is 2.68. The van der Waals surface area contributed by atoms with Crippen LogP contribution in [0.4, 0.5) is 0 Å². The SMILES string of the molecule is O=C(O)Cc1cc(I)ccc1C(=O)O. The normalized spacial score (nSPS) is 9.79. The van der Waals surface area contributed by atoms with Crippen LogP contribution in [0.3, 0.4) is 0 Å². The summed E-state index contributed by atoms with van der Waals surface area (Å²) < 4.78 is 0.823. The number of rotatable bonds is 3. The molecule has 0 bridgehead atoms. The minimum Gasteiger partial charge on any atom is -0.481 e. The highest BCUT2D eigenvalue weighted by Crippen LogP contribution is 2.14. The molecule has 1 aromatic carbocycles. The van der Waals surface area contributed by atoms with E-state index in [2.05, 4.69) is 0 Å². The van der Waals surface area contributed by atoms with Gasteiger partial charge in [0, 0.05) is 3.57 Å². The number of carbonyl (C=O) groups is 2. The van der Waals surface area contributed by atoms with Gasteiger partial charge in [-0.25, -0.2) is 4.79 Å². The number of carboxylic acids is 2. The molecule has 0 saturated carbocycles. The molecule has 0 saturated heterocycles. The van der Waals surface area contributed by atoms with E-state index in [0.717, 1.165) is 3.57 Å². The standard InChI is InChI=1S/C9H7IO4/c10-6-1-2-7(9(13)14)5(3-6)4-8(11)12/h1-3H,4H2,(H,11,12)(H,13,14). The molecule has 1 rings (SSSR count). The van der Waals surface area contributed by atoms with Crippen molar-refractivity contribution in [2.24, 2.45) is 0 Å². The van der Waals surface area contributed by atoms with Gasteiger partial charge in [-0.05, 0) is 46.4 Å². The van der Waals surface area contributed by atoms with Crippen LogP contribution in [0.15, 0.2) is 18.2 Å². The lowest BCUT2D eigenvalue weighted by molar-refractivity contribution is -0.136.